The Hall–Kier alpha value is -1.09. The molecule has 0 spiro atoms. The molecule has 1 N–H and O–H groups in total. The van der Waals surface area contributed by atoms with Crippen LogP contribution < -0.4 is 5.56 Å². The predicted molar refractivity (Wildman–Crippen MR) is 56.5 cm³/mol. The SMILES string of the molecule is CC(C)c1scc2ccc(=O)[nH]c12. The van der Waals surface area contributed by atoms with Gasteiger partial charge in [-0.25, -0.2) is 0 Å². The van der Waals surface area contributed by atoms with Crippen molar-refractivity contribution in [1.82, 2.24) is 4.98 Å². The Bertz CT molecular complexity index is 481. The van der Waals surface area contributed by atoms with Crippen LogP contribution in [0.15, 0.2) is 22.3 Å². The van der Waals surface area contributed by atoms with Crippen LogP contribution in [0.5, 0.6) is 0 Å². The second-order valence-electron chi connectivity index (χ2n) is 3.41. The average Bonchev–Trinajstić information content (AvgIpc) is 2.46. The normalized spacial score (nSPS) is 11.3. The minimum Gasteiger partial charge on any atom is -0.321 e. The summed E-state index contributed by atoms with van der Waals surface area (Å²) in [6.45, 7) is 4.27. The van der Waals surface area contributed by atoms with E-state index in [1.165, 1.54) is 4.88 Å². The van der Waals surface area contributed by atoms with E-state index < -0.39 is 0 Å². The number of rotatable bonds is 1. The molecule has 0 aromatic carbocycles. The van der Waals surface area contributed by atoms with E-state index >= 15 is 0 Å². The van der Waals surface area contributed by atoms with Crippen LogP contribution in [0.1, 0.15) is 24.6 Å². The van der Waals surface area contributed by atoms with Gasteiger partial charge in [-0.2, -0.15) is 0 Å². The summed E-state index contributed by atoms with van der Waals surface area (Å²) in [6, 6.07) is 3.44. The fourth-order valence-electron chi connectivity index (χ4n) is 1.40. The van der Waals surface area contributed by atoms with Crippen molar-refractivity contribution in [3.05, 3.63) is 32.7 Å². The maximum absolute atomic E-state index is 11.1. The van der Waals surface area contributed by atoms with Crippen molar-refractivity contribution in [3.63, 3.8) is 0 Å². The molecule has 0 aliphatic carbocycles. The average molecular weight is 193 g/mol. The van der Waals surface area contributed by atoms with Crippen LogP contribution in [-0.4, -0.2) is 4.98 Å². The minimum atomic E-state index is -0.0206. The summed E-state index contributed by atoms with van der Waals surface area (Å²) in [7, 11) is 0. The molecule has 0 unspecified atom stereocenters. The first-order chi connectivity index (χ1) is 6.18. The minimum absolute atomic E-state index is 0.0206. The topological polar surface area (TPSA) is 32.9 Å². The van der Waals surface area contributed by atoms with E-state index in [9.17, 15) is 4.79 Å². The molecule has 0 saturated carbocycles. The van der Waals surface area contributed by atoms with Crippen molar-refractivity contribution in [2.24, 2.45) is 0 Å². The first-order valence-corrected chi connectivity index (χ1v) is 5.17. The maximum Gasteiger partial charge on any atom is 0.248 e. The molecule has 0 saturated heterocycles. The van der Waals surface area contributed by atoms with Crippen LogP contribution in [0.4, 0.5) is 0 Å². The number of hydrogen-bond donors (Lipinski definition) is 1. The zero-order valence-corrected chi connectivity index (χ0v) is 8.44. The highest BCUT2D eigenvalue weighted by Crippen LogP contribution is 2.28. The van der Waals surface area contributed by atoms with Crippen molar-refractivity contribution in [3.8, 4) is 0 Å². The monoisotopic (exact) mass is 193 g/mol. The molecule has 2 aromatic rings. The summed E-state index contributed by atoms with van der Waals surface area (Å²) in [4.78, 5) is 15.2. The lowest BCUT2D eigenvalue weighted by Gasteiger charge is -2.00. The fraction of sp³-hybridized carbons (Fsp3) is 0.300. The van der Waals surface area contributed by atoms with E-state index in [0.717, 1.165) is 10.9 Å². The third-order valence-corrected chi connectivity index (χ3v) is 3.34. The van der Waals surface area contributed by atoms with Crippen LogP contribution in [0.2, 0.25) is 0 Å². The molecule has 13 heavy (non-hydrogen) atoms. The van der Waals surface area contributed by atoms with Crippen molar-refractivity contribution in [2.75, 3.05) is 0 Å². The molecule has 0 bridgehead atoms. The quantitative estimate of drug-likeness (QED) is 0.742. The lowest BCUT2D eigenvalue weighted by molar-refractivity contribution is 0.893. The van der Waals surface area contributed by atoms with Crippen LogP contribution in [0.25, 0.3) is 10.9 Å². The van der Waals surface area contributed by atoms with Gasteiger partial charge in [0.1, 0.15) is 0 Å². The molecule has 0 radical (unpaired) electrons. The highest BCUT2D eigenvalue weighted by Gasteiger charge is 2.07. The molecule has 0 aliphatic heterocycles. The molecule has 2 aromatic heterocycles. The van der Waals surface area contributed by atoms with Gasteiger partial charge in [-0.15, -0.1) is 11.3 Å². The molecule has 68 valence electrons. The Kier molecular flexibility index (Phi) is 1.96. The molecule has 3 heteroatoms. The van der Waals surface area contributed by atoms with Gasteiger partial charge in [-0.1, -0.05) is 13.8 Å². The van der Waals surface area contributed by atoms with Gasteiger partial charge in [0.2, 0.25) is 5.56 Å². The summed E-state index contributed by atoms with van der Waals surface area (Å²) in [6.07, 6.45) is 0. The third kappa shape index (κ3) is 1.40. The van der Waals surface area contributed by atoms with Gasteiger partial charge in [-0.05, 0) is 12.0 Å². The molecule has 0 amide bonds. The predicted octanol–water partition coefficient (Wildman–Crippen LogP) is 2.71. The molecular formula is C10H11NOS. The molecular weight excluding hydrogens is 182 g/mol. The summed E-state index contributed by atoms with van der Waals surface area (Å²) < 4.78 is 0. The largest absolute Gasteiger partial charge is 0.321 e. The lowest BCUT2D eigenvalue weighted by atomic mass is 10.1. The maximum atomic E-state index is 11.1. The third-order valence-electron chi connectivity index (χ3n) is 2.03. The Labute approximate surface area is 80.2 Å². The van der Waals surface area contributed by atoms with Gasteiger partial charge in [0.15, 0.2) is 0 Å². The summed E-state index contributed by atoms with van der Waals surface area (Å²) in [5.74, 6) is 0.473. The summed E-state index contributed by atoms with van der Waals surface area (Å²) in [5, 5.41) is 3.22. The van der Waals surface area contributed by atoms with E-state index in [1.807, 2.05) is 6.07 Å². The number of hydrogen-bond acceptors (Lipinski definition) is 2. The Balaban J connectivity index is 2.79. The van der Waals surface area contributed by atoms with Gasteiger partial charge in [0, 0.05) is 21.7 Å². The van der Waals surface area contributed by atoms with Crippen molar-refractivity contribution in [2.45, 2.75) is 19.8 Å². The number of nitrogens with one attached hydrogen (secondary N) is 1. The van der Waals surface area contributed by atoms with E-state index in [2.05, 4.69) is 24.2 Å². The Morgan fingerprint density at radius 2 is 2.15 bits per heavy atom. The van der Waals surface area contributed by atoms with Gasteiger partial charge < -0.3 is 4.98 Å². The molecule has 0 aliphatic rings. The van der Waals surface area contributed by atoms with Gasteiger partial charge in [0.05, 0.1) is 5.52 Å². The first-order valence-electron chi connectivity index (χ1n) is 4.29. The second-order valence-corrected chi connectivity index (χ2v) is 4.32. The van der Waals surface area contributed by atoms with E-state index in [4.69, 9.17) is 0 Å². The number of H-pyrrole nitrogens is 1. The highest BCUT2D eigenvalue weighted by molar-refractivity contribution is 7.11. The van der Waals surface area contributed by atoms with E-state index in [-0.39, 0.29) is 5.56 Å². The molecule has 0 fully saturated rings. The van der Waals surface area contributed by atoms with E-state index in [0.29, 0.717) is 5.92 Å². The second kappa shape index (κ2) is 3.00. The van der Waals surface area contributed by atoms with Crippen LogP contribution >= 0.6 is 11.3 Å². The fourth-order valence-corrected chi connectivity index (χ4v) is 2.41. The molecule has 2 nitrogen and oxygen atoms in total. The van der Waals surface area contributed by atoms with Gasteiger partial charge in [-0.3, -0.25) is 4.79 Å². The standard InChI is InChI=1S/C10H11NOS/c1-6(2)10-9-7(5-13-10)3-4-8(12)11-9/h3-6H,1-2H3,(H,11,12). The highest BCUT2D eigenvalue weighted by atomic mass is 32.1. The number of aromatic amines is 1. The zero-order valence-electron chi connectivity index (χ0n) is 7.63. The smallest absolute Gasteiger partial charge is 0.248 e. The van der Waals surface area contributed by atoms with Gasteiger partial charge >= 0.3 is 0 Å². The first kappa shape index (κ1) is 8.51. The van der Waals surface area contributed by atoms with Crippen molar-refractivity contribution in [1.29, 1.82) is 0 Å². The lowest BCUT2D eigenvalue weighted by Crippen LogP contribution is -2.02. The number of fused-ring (bicyclic) bond motifs is 1. The number of pyridine rings is 1. The number of thiophene rings is 1. The van der Waals surface area contributed by atoms with Crippen molar-refractivity contribution >= 4 is 22.2 Å². The summed E-state index contributed by atoms with van der Waals surface area (Å²) >= 11 is 1.71. The molecule has 2 rings (SSSR count). The van der Waals surface area contributed by atoms with Crippen LogP contribution in [-0.2, 0) is 0 Å². The Morgan fingerprint density at radius 1 is 1.38 bits per heavy atom. The summed E-state index contributed by atoms with van der Waals surface area (Å²) in [5.41, 5.74) is 0.986. The Morgan fingerprint density at radius 3 is 2.85 bits per heavy atom. The number of aromatic nitrogens is 1. The van der Waals surface area contributed by atoms with Crippen LogP contribution in [0.3, 0.4) is 0 Å². The van der Waals surface area contributed by atoms with Crippen LogP contribution in [0, 0.1) is 0 Å². The zero-order chi connectivity index (χ0) is 9.42. The van der Waals surface area contributed by atoms with E-state index in [1.54, 1.807) is 17.4 Å². The van der Waals surface area contributed by atoms with Gasteiger partial charge in [0.25, 0.3) is 0 Å². The van der Waals surface area contributed by atoms with Crippen molar-refractivity contribution < 1.29 is 0 Å². The molecule has 0 atom stereocenters. The molecule has 2 heterocycles.